The minimum Gasteiger partial charge on any atom is -0.493 e. The van der Waals surface area contributed by atoms with Gasteiger partial charge in [-0.05, 0) is 164 Å². The number of hydrogen-bond acceptors (Lipinski definition) is 16. The lowest BCUT2D eigenvalue weighted by Crippen LogP contribution is -2.46. The number of aromatic nitrogens is 2. The molecule has 0 unspecified atom stereocenters. The van der Waals surface area contributed by atoms with E-state index < -0.39 is 67.5 Å². The normalized spacial score (nSPS) is 16.9. The molecule has 2 aliphatic rings. The van der Waals surface area contributed by atoms with Crippen LogP contribution in [0.2, 0.25) is 18.1 Å². The third-order valence-corrected chi connectivity index (χ3v) is 20.4. The Balaban J connectivity index is 0.00000106. The highest BCUT2D eigenvalue weighted by Crippen LogP contribution is 2.42. The van der Waals surface area contributed by atoms with E-state index in [-0.39, 0.29) is 87.5 Å². The van der Waals surface area contributed by atoms with Crippen LogP contribution in [0.1, 0.15) is 165 Å². The van der Waals surface area contributed by atoms with Crippen LogP contribution in [0, 0.1) is 37.0 Å². The number of nitrogens with one attached hydrogen (secondary N) is 2. The molecule has 478 valence electrons. The molecule has 4 bridgehead atoms. The van der Waals surface area contributed by atoms with Crippen molar-refractivity contribution in [3.05, 3.63) is 88.7 Å². The summed E-state index contributed by atoms with van der Waals surface area (Å²) in [5, 5.41) is 23.4. The standard InChI is InChI=1S/C59H75N7O10.C8H18O3Si/c1-9-29-73-52-24-20-41-34-46(52)45-32-39(17-23-51(45)74-30-28-62-58(72)76-59(5,6)7)33-47(48(67)16-13-26-60)65-56(70)36(2)31-50(69)54(41)66(8)57(71)42(25-27-61)35-49(68)53-37(3)63-55(64-38(53)4)40-18-21-44(22-19-40)75-43-14-11-10-12-15-43;1-8(2,3)12(4,5)11-6-7(9)10/h17-24,32,34,36,42-43,47,54H,9-16,25,27-31,33,35,61H2,1-8H3,(H,62,72)(H,65,70);6H2,1-5H3,(H,9,10)/t36-,42-,47+,54+;/m1./s1. The quantitative estimate of drug-likeness (QED) is 0.0305. The first-order chi connectivity index (χ1) is 41.5. The zero-order valence-electron chi connectivity index (χ0n) is 53.9. The molecule has 20 nitrogen and oxygen atoms in total. The second kappa shape index (κ2) is 32.6. The number of alkyl carbamates (subject to hydrolysis) is 1. The molecule has 0 spiro atoms. The van der Waals surface area contributed by atoms with E-state index in [0.717, 1.165) is 37.0 Å². The lowest BCUT2D eigenvalue weighted by Gasteiger charge is -2.35. The van der Waals surface area contributed by atoms with Gasteiger partial charge in [0, 0.05) is 61.3 Å². The van der Waals surface area contributed by atoms with Crippen molar-refractivity contribution in [2.24, 2.45) is 17.6 Å². The summed E-state index contributed by atoms with van der Waals surface area (Å²) in [5.41, 5.74) is 9.47. The highest BCUT2D eigenvalue weighted by Gasteiger charge is 2.39. The molecule has 1 aliphatic heterocycles. The van der Waals surface area contributed by atoms with E-state index in [1.54, 1.807) is 71.9 Å². The van der Waals surface area contributed by atoms with Crippen LogP contribution >= 0.6 is 0 Å². The average molecular weight is 1230 g/mol. The smallest absolute Gasteiger partial charge is 0.407 e. The fourth-order valence-electron chi connectivity index (χ4n) is 10.2. The Bertz CT molecular complexity index is 3100. The van der Waals surface area contributed by atoms with E-state index in [1.165, 1.54) is 18.4 Å². The highest BCUT2D eigenvalue weighted by atomic mass is 28.4. The number of amides is 3. The number of aryl methyl sites for hydroxylation is 2. The van der Waals surface area contributed by atoms with Gasteiger partial charge in [-0.2, -0.15) is 5.26 Å². The summed E-state index contributed by atoms with van der Waals surface area (Å²) in [6.45, 7) is 23.0. The van der Waals surface area contributed by atoms with E-state index in [4.69, 9.17) is 44.2 Å². The van der Waals surface area contributed by atoms with E-state index >= 15 is 4.79 Å². The van der Waals surface area contributed by atoms with Gasteiger partial charge in [0.15, 0.2) is 31.5 Å². The topological polar surface area (TPSA) is 289 Å². The Morgan fingerprint density at radius 3 is 2.10 bits per heavy atom. The largest absolute Gasteiger partial charge is 0.493 e. The molecule has 3 amide bonds. The number of benzene rings is 3. The van der Waals surface area contributed by atoms with Gasteiger partial charge in [-0.25, -0.2) is 19.6 Å². The van der Waals surface area contributed by atoms with Gasteiger partial charge in [0.1, 0.15) is 42.1 Å². The fourth-order valence-corrected chi connectivity index (χ4v) is 11.2. The molecule has 21 heteroatoms. The van der Waals surface area contributed by atoms with Gasteiger partial charge in [-0.1, -0.05) is 53.2 Å². The summed E-state index contributed by atoms with van der Waals surface area (Å²) in [5.74, 6) is -2.99. The third kappa shape index (κ3) is 20.8. The second-order valence-electron chi connectivity index (χ2n) is 25.4. The van der Waals surface area contributed by atoms with Crippen molar-refractivity contribution in [3.63, 3.8) is 0 Å². The summed E-state index contributed by atoms with van der Waals surface area (Å²) in [7, 11) is -0.344. The number of carbonyl (C=O) groups excluding carboxylic acids is 6. The highest BCUT2D eigenvalue weighted by molar-refractivity contribution is 6.74. The first kappa shape index (κ1) is 71.2. The Morgan fingerprint density at radius 1 is 0.886 bits per heavy atom. The summed E-state index contributed by atoms with van der Waals surface area (Å²) < 4.78 is 29.7. The number of nitriles is 1. The van der Waals surface area contributed by atoms with Gasteiger partial charge in [0.2, 0.25) is 11.8 Å². The summed E-state index contributed by atoms with van der Waals surface area (Å²) >= 11 is 0. The Kier molecular flexibility index (Phi) is 26.4. The molecular weight excluding hydrogens is 1140 g/mol. The molecule has 1 aromatic heterocycles. The van der Waals surface area contributed by atoms with Crippen LogP contribution in [-0.2, 0) is 39.6 Å². The Morgan fingerprint density at radius 2 is 1.51 bits per heavy atom. The number of likely N-dealkylation sites (N-methyl/N-ethyl adjacent to an activating group) is 1. The van der Waals surface area contributed by atoms with Gasteiger partial charge in [-0.3, -0.25) is 24.0 Å². The third-order valence-electron chi connectivity index (χ3n) is 15.9. The zero-order chi connectivity index (χ0) is 65.1. The molecule has 1 fully saturated rings. The minimum absolute atomic E-state index is 0.0263. The van der Waals surface area contributed by atoms with Crippen LogP contribution in [0.5, 0.6) is 17.2 Å². The SMILES string of the molecule is CC(C)(C)[Si](C)(C)OCC(=O)O.CCCOc1ccc2cc1-c1cc(ccc1OCCNC(=O)OC(C)(C)C)C[C@@H](C(=O)CCC#N)NC(=O)[C@H](C)CC(=O)[C@H]2N(C)C(=O)[C@H](CCN)CC(=O)c1c(C)nc(-c2ccc(OC3CCCCC3)cc2)nc1C. The van der Waals surface area contributed by atoms with Crippen molar-refractivity contribution < 1.29 is 62.0 Å². The predicted octanol–water partition coefficient (Wildman–Crippen LogP) is 11.2. The van der Waals surface area contributed by atoms with E-state index in [1.807, 2.05) is 56.4 Å². The monoisotopic (exact) mass is 1230 g/mol. The van der Waals surface area contributed by atoms with Gasteiger partial charge in [0.05, 0.1) is 48.3 Å². The number of ether oxygens (including phenoxy) is 4. The maximum atomic E-state index is 15.0. The van der Waals surface area contributed by atoms with E-state index in [9.17, 15) is 34.0 Å². The van der Waals surface area contributed by atoms with Crippen molar-refractivity contribution in [3.8, 4) is 45.8 Å². The molecule has 4 atom stereocenters. The van der Waals surface area contributed by atoms with Crippen LogP contribution in [0.25, 0.3) is 22.5 Å². The van der Waals surface area contributed by atoms with Crippen molar-refractivity contribution in [2.45, 2.75) is 188 Å². The molecular formula is C67H93N7O13Si. The molecule has 4 aromatic rings. The Labute approximate surface area is 520 Å². The number of ketones is 3. The number of carboxylic acids is 1. The van der Waals surface area contributed by atoms with Crippen LogP contribution in [0.3, 0.4) is 0 Å². The van der Waals surface area contributed by atoms with Gasteiger partial charge < -0.3 is 49.7 Å². The number of rotatable bonds is 23. The van der Waals surface area contributed by atoms with Crippen molar-refractivity contribution in [1.29, 1.82) is 5.26 Å². The van der Waals surface area contributed by atoms with E-state index in [0.29, 0.717) is 69.6 Å². The number of nitrogens with two attached hydrogens (primary N) is 1. The number of hydrogen-bond donors (Lipinski definition) is 4. The van der Waals surface area contributed by atoms with Crippen LogP contribution in [0.15, 0.2) is 60.7 Å². The second-order valence-corrected chi connectivity index (χ2v) is 30.2. The van der Waals surface area contributed by atoms with Crippen molar-refractivity contribution in [1.82, 2.24) is 25.5 Å². The molecule has 0 saturated heterocycles. The molecule has 3 aromatic carbocycles. The van der Waals surface area contributed by atoms with Crippen molar-refractivity contribution >= 4 is 49.5 Å². The summed E-state index contributed by atoms with van der Waals surface area (Å²) in [4.78, 5) is 106. The van der Waals surface area contributed by atoms with Crippen LogP contribution in [-0.4, -0.2) is 127 Å². The average Bonchev–Trinajstić information content (AvgIpc) is 0.958. The predicted molar refractivity (Wildman–Crippen MR) is 339 cm³/mol. The molecule has 88 heavy (non-hydrogen) atoms. The lowest BCUT2D eigenvalue weighted by molar-refractivity contribution is -0.142. The summed E-state index contributed by atoms with van der Waals surface area (Å²) in [6.07, 6.45) is 5.37. The van der Waals surface area contributed by atoms with Gasteiger partial charge in [-0.15, -0.1) is 0 Å². The number of carbonyl (C=O) groups is 7. The number of nitrogens with zero attached hydrogens (tertiary/aromatic N) is 4. The fraction of sp³-hybridized carbons (Fsp3) is 0.552. The minimum atomic E-state index is -1.85. The zero-order valence-corrected chi connectivity index (χ0v) is 54.9. The number of Topliss-reactive ketones (excluding diaryl/α,β-unsaturated/α-hetero) is 3. The number of fused-ring (bicyclic) bond motifs is 5. The number of aliphatic carboxylic acids is 1. The first-order valence-electron chi connectivity index (χ1n) is 30.7. The maximum Gasteiger partial charge on any atom is 0.407 e. The van der Waals surface area contributed by atoms with Crippen LogP contribution in [0.4, 0.5) is 4.79 Å². The molecule has 0 radical (unpaired) electrons. The molecule has 1 aliphatic carbocycles. The van der Waals surface area contributed by atoms with Crippen molar-refractivity contribution in [2.75, 3.05) is 40.0 Å². The van der Waals surface area contributed by atoms with Gasteiger partial charge in [0.25, 0.3) is 0 Å². The molecule has 5 N–H and O–H groups in total. The lowest BCUT2D eigenvalue weighted by atomic mass is 9.88. The van der Waals surface area contributed by atoms with E-state index in [2.05, 4.69) is 31.4 Å². The number of carboxylic acid groups (broad SMARTS) is 1. The Hall–Kier alpha value is -7.54. The van der Waals surface area contributed by atoms with Crippen LogP contribution < -0.4 is 30.6 Å². The van der Waals surface area contributed by atoms with Gasteiger partial charge >= 0.3 is 12.1 Å². The molecule has 1 saturated carbocycles. The molecule has 6 rings (SSSR count). The maximum absolute atomic E-state index is 15.0. The summed E-state index contributed by atoms with van der Waals surface area (Å²) in [6, 6.07) is 17.8. The first-order valence-corrected chi connectivity index (χ1v) is 33.6. The molecule has 2 heterocycles.